The van der Waals surface area contributed by atoms with Crippen LogP contribution in [0.1, 0.15) is 42.0 Å². The lowest BCUT2D eigenvalue weighted by Crippen LogP contribution is -2.44. The van der Waals surface area contributed by atoms with Crippen LogP contribution in [0.5, 0.6) is 0 Å². The number of nitrogens with two attached hydrogens (primary N) is 1. The molecule has 0 bridgehead atoms. The molecule has 4 rings (SSSR count). The molecule has 0 unspecified atom stereocenters. The average molecular weight is 359 g/mol. The number of nitrogens with zero attached hydrogens (tertiary/aromatic N) is 3. The summed E-state index contributed by atoms with van der Waals surface area (Å²) in [5.41, 5.74) is 11.5. The second-order valence-electron chi connectivity index (χ2n) is 6.89. The smallest absolute Gasteiger partial charge is 0.259 e. The van der Waals surface area contributed by atoms with Crippen molar-refractivity contribution in [3.63, 3.8) is 0 Å². The predicted molar refractivity (Wildman–Crippen MR) is 100 cm³/mol. The average Bonchev–Trinajstić information content (AvgIpc) is 3.10. The first-order valence-electron chi connectivity index (χ1n) is 8.37. The molecule has 1 aromatic carbocycles. The van der Waals surface area contributed by atoms with Gasteiger partial charge in [0.1, 0.15) is 0 Å². The maximum atomic E-state index is 6.31. The monoisotopic (exact) mass is 358 g/mol. The number of benzene rings is 1. The van der Waals surface area contributed by atoms with E-state index in [2.05, 4.69) is 65.8 Å². The number of aromatic nitrogens is 3. The fourth-order valence-electron chi connectivity index (χ4n) is 3.46. The lowest BCUT2D eigenvalue weighted by molar-refractivity contribution is 0.229. The highest BCUT2D eigenvalue weighted by molar-refractivity contribution is 5.85. The van der Waals surface area contributed by atoms with Crippen molar-refractivity contribution in [2.75, 3.05) is 0 Å². The summed E-state index contributed by atoms with van der Waals surface area (Å²) < 4.78 is 7.74. The molecule has 5 nitrogen and oxygen atoms in total. The van der Waals surface area contributed by atoms with E-state index in [-0.39, 0.29) is 12.4 Å². The summed E-state index contributed by atoms with van der Waals surface area (Å²) >= 11 is 0. The fraction of sp³-hybridized carbons (Fsp3) is 0.368. The van der Waals surface area contributed by atoms with E-state index in [4.69, 9.17) is 10.3 Å². The topological polar surface area (TPSA) is 69.9 Å². The van der Waals surface area contributed by atoms with Gasteiger partial charge in [0.25, 0.3) is 5.89 Å². The van der Waals surface area contributed by atoms with Gasteiger partial charge in [-0.2, -0.15) is 4.98 Å². The van der Waals surface area contributed by atoms with Gasteiger partial charge in [0.2, 0.25) is 0 Å². The Balaban J connectivity index is 0.00000182. The second kappa shape index (κ2) is 6.32. The van der Waals surface area contributed by atoms with E-state index in [0.29, 0.717) is 11.7 Å². The molecule has 0 radical (unpaired) electrons. The zero-order valence-electron chi connectivity index (χ0n) is 14.7. The molecule has 1 fully saturated rings. The van der Waals surface area contributed by atoms with Crippen molar-refractivity contribution in [3.05, 3.63) is 53.1 Å². The van der Waals surface area contributed by atoms with Gasteiger partial charge in [-0.1, -0.05) is 17.3 Å². The normalized spacial score (nSPS) is 15.5. The van der Waals surface area contributed by atoms with Gasteiger partial charge in [0.05, 0.1) is 11.1 Å². The molecule has 1 saturated carbocycles. The zero-order chi connectivity index (χ0) is 16.9. The summed E-state index contributed by atoms with van der Waals surface area (Å²) in [6.07, 6.45) is 2.98. The van der Waals surface area contributed by atoms with Crippen LogP contribution in [0.25, 0.3) is 17.1 Å². The minimum absolute atomic E-state index is 0. The number of hydrogen-bond acceptors (Lipinski definition) is 4. The molecule has 0 saturated heterocycles. The molecular formula is C19H23ClN4O. The third-order valence-electron chi connectivity index (χ3n) is 5.04. The molecule has 3 aromatic rings. The van der Waals surface area contributed by atoms with Gasteiger partial charge in [0, 0.05) is 17.1 Å². The molecule has 1 aliphatic rings. The highest BCUT2D eigenvalue weighted by Gasteiger charge is 2.39. The van der Waals surface area contributed by atoms with Crippen LogP contribution in [-0.4, -0.2) is 14.7 Å². The molecule has 2 N–H and O–H groups in total. The number of hydrogen-bond donors (Lipinski definition) is 1. The summed E-state index contributed by atoms with van der Waals surface area (Å²) in [5, 5.41) is 4.13. The van der Waals surface area contributed by atoms with E-state index in [0.717, 1.165) is 41.9 Å². The van der Waals surface area contributed by atoms with Crippen LogP contribution in [0.2, 0.25) is 0 Å². The van der Waals surface area contributed by atoms with Gasteiger partial charge < -0.3 is 14.8 Å². The number of halogens is 1. The molecule has 0 aliphatic heterocycles. The summed E-state index contributed by atoms with van der Waals surface area (Å²) in [6.45, 7) is 6.27. The van der Waals surface area contributed by atoms with Crippen LogP contribution < -0.4 is 5.73 Å². The molecule has 6 heteroatoms. The van der Waals surface area contributed by atoms with Crippen molar-refractivity contribution in [1.29, 1.82) is 0 Å². The highest BCUT2D eigenvalue weighted by atomic mass is 35.5. The van der Waals surface area contributed by atoms with Gasteiger partial charge in [-0.05, 0) is 63.8 Å². The van der Waals surface area contributed by atoms with E-state index in [1.165, 1.54) is 5.56 Å². The zero-order valence-corrected chi connectivity index (χ0v) is 15.6. The van der Waals surface area contributed by atoms with Crippen LogP contribution in [-0.2, 0) is 5.54 Å². The van der Waals surface area contributed by atoms with E-state index in [1.54, 1.807) is 0 Å². The molecule has 0 amide bonds. The third kappa shape index (κ3) is 2.87. The Bertz CT molecular complexity index is 908. The lowest BCUT2D eigenvalue weighted by atomic mass is 9.77. The Morgan fingerprint density at radius 3 is 2.56 bits per heavy atom. The van der Waals surface area contributed by atoms with E-state index in [9.17, 15) is 0 Å². The molecular weight excluding hydrogens is 336 g/mol. The fourth-order valence-corrected chi connectivity index (χ4v) is 3.46. The Morgan fingerprint density at radius 2 is 1.92 bits per heavy atom. The first-order valence-corrected chi connectivity index (χ1v) is 8.37. The first-order chi connectivity index (χ1) is 11.5. The molecule has 132 valence electrons. The van der Waals surface area contributed by atoms with E-state index >= 15 is 0 Å². The van der Waals surface area contributed by atoms with E-state index < -0.39 is 5.54 Å². The summed E-state index contributed by atoms with van der Waals surface area (Å²) in [5.74, 6) is 1.18. The summed E-state index contributed by atoms with van der Waals surface area (Å²) in [4.78, 5) is 4.58. The maximum absolute atomic E-state index is 6.31. The first kappa shape index (κ1) is 17.7. The summed E-state index contributed by atoms with van der Waals surface area (Å²) in [6, 6.07) is 10.6. The summed E-state index contributed by atoms with van der Waals surface area (Å²) in [7, 11) is 0. The van der Waals surface area contributed by atoms with Crippen LogP contribution in [0.3, 0.4) is 0 Å². The second-order valence-corrected chi connectivity index (χ2v) is 6.89. The molecule has 2 heterocycles. The predicted octanol–water partition coefficient (Wildman–Crippen LogP) is 4.21. The largest absolute Gasteiger partial charge is 0.334 e. The highest BCUT2D eigenvalue weighted by Crippen LogP contribution is 2.38. The minimum Gasteiger partial charge on any atom is -0.334 e. The van der Waals surface area contributed by atoms with Crippen molar-refractivity contribution in [3.8, 4) is 17.1 Å². The Kier molecular flexibility index (Phi) is 4.47. The van der Waals surface area contributed by atoms with Crippen LogP contribution in [0, 0.1) is 20.8 Å². The van der Waals surface area contributed by atoms with Crippen molar-refractivity contribution in [2.24, 2.45) is 5.73 Å². The van der Waals surface area contributed by atoms with Gasteiger partial charge in [-0.3, -0.25) is 0 Å². The van der Waals surface area contributed by atoms with Crippen LogP contribution in [0.4, 0.5) is 0 Å². The van der Waals surface area contributed by atoms with Gasteiger partial charge >= 0.3 is 0 Å². The number of aryl methyl sites for hydroxylation is 2. The SMILES string of the molecule is Cc1cccc(-n2c(C)cc(-c3nc(C4(N)CCC4)no3)c2C)c1.Cl. The number of rotatable bonds is 3. The van der Waals surface area contributed by atoms with Crippen molar-refractivity contribution in [1.82, 2.24) is 14.7 Å². The molecule has 25 heavy (non-hydrogen) atoms. The third-order valence-corrected chi connectivity index (χ3v) is 5.04. The Hall–Kier alpha value is -2.11. The van der Waals surface area contributed by atoms with Crippen molar-refractivity contribution >= 4 is 12.4 Å². The van der Waals surface area contributed by atoms with Gasteiger partial charge in [0.15, 0.2) is 5.82 Å². The Labute approximate surface area is 153 Å². The van der Waals surface area contributed by atoms with Crippen molar-refractivity contribution in [2.45, 2.75) is 45.6 Å². The maximum Gasteiger partial charge on any atom is 0.259 e. The van der Waals surface area contributed by atoms with Crippen molar-refractivity contribution < 1.29 is 4.52 Å². The molecule has 2 aromatic heterocycles. The quantitative estimate of drug-likeness (QED) is 0.761. The standard InChI is InChI=1S/C19H22N4O.ClH/c1-12-6-4-7-15(10-12)23-13(2)11-16(14(23)3)17-21-18(22-24-17)19(20)8-5-9-19;/h4,6-7,10-11H,5,8-9,20H2,1-3H3;1H. The molecule has 1 aliphatic carbocycles. The lowest BCUT2D eigenvalue weighted by Gasteiger charge is -2.34. The molecule has 0 atom stereocenters. The molecule has 0 spiro atoms. The van der Waals surface area contributed by atoms with E-state index in [1.807, 2.05) is 0 Å². The van der Waals surface area contributed by atoms with Crippen LogP contribution in [0.15, 0.2) is 34.9 Å². The van der Waals surface area contributed by atoms with Crippen LogP contribution >= 0.6 is 12.4 Å². The van der Waals surface area contributed by atoms with Gasteiger partial charge in [-0.25, -0.2) is 0 Å². The minimum atomic E-state index is -0.399. The van der Waals surface area contributed by atoms with Gasteiger partial charge in [-0.15, -0.1) is 12.4 Å². The Morgan fingerprint density at radius 1 is 1.16 bits per heavy atom.